The molecule has 1 aromatic rings. The summed E-state index contributed by atoms with van der Waals surface area (Å²) in [5.74, 6) is -0.397. The molecule has 0 aliphatic rings. The molecule has 0 aliphatic carbocycles. The van der Waals surface area contributed by atoms with E-state index in [-0.39, 0.29) is 6.61 Å². The van der Waals surface area contributed by atoms with Gasteiger partial charge in [-0.3, -0.25) is 0 Å². The minimum atomic E-state index is -0.397. The number of hydrogen-bond acceptors (Lipinski definition) is 4. The first-order chi connectivity index (χ1) is 8.74. The van der Waals surface area contributed by atoms with E-state index in [1.165, 1.54) is 0 Å². The molecule has 0 unspecified atom stereocenters. The highest BCUT2D eigenvalue weighted by molar-refractivity contribution is 6.30. The van der Waals surface area contributed by atoms with Gasteiger partial charge in [-0.2, -0.15) is 0 Å². The van der Waals surface area contributed by atoms with Crippen molar-refractivity contribution in [1.29, 1.82) is 0 Å². The van der Waals surface area contributed by atoms with Gasteiger partial charge in [0, 0.05) is 11.6 Å². The third-order valence-corrected chi connectivity index (χ3v) is 2.33. The zero-order valence-corrected chi connectivity index (χ0v) is 11.1. The third-order valence-electron chi connectivity index (χ3n) is 2.10. The Morgan fingerprint density at radius 1 is 1.17 bits per heavy atom. The van der Waals surface area contributed by atoms with Crippen LogP contribution in [0.15, 0.2) is 24.3 Å². The van der Waals surface area contributed by atoms with Gasteiger partial charge in [0.15, 0.2) is 0 Å². The van der Waals surface area contributed by atoms with Crippen LogP contribution in [0.2, 0.25) is 5.02 Å². The van der Waals surface area contributed by atoms with Crippen LogP contribution in [-0.4, -0.2) is 39.0 Å². The molecule has 0 aliphatic heterocycles. The summed E-state index contributed by atoms with van der Waals surface area (Å²) in [5, 5.41) is 0.511. The van der Waals surface area contributed by atoms with Crippen molar-refractivity contribution >= 4 is 17.6 Å². The second-order valence-corrected chi connectivity index (χ2v) is 3.89. The minimum absolute atomic E-state index is 0.220. The van der Waals surface area contributed by atoms with Gasteiger partial charge >= 0.3 is 5.97 Å². The second kappa shape index (κ2) is 8.91. The van der Waals surface area contributed by atoms with Crippen LogP contribution in [-0.2, 0) is 14.2 Å². The Labute approximate surface area is 112 Å². The van der Waals surface area contributed by atoms with E-state index in [2.05, 4.69) is 0 Å². The van der Waals surface area contributed by atoms with E-state index in [0.29, 0.717) is 37.0 Å². The van der Waals surface area contributed by atoms with E-state index < -0.39 is 5.97 Å². The van der Waals surface area contributed by atoms with Crippen LogP contribution in [0.3, 0.4) is 0 Å². The molecule has 0 amide bonds. The summed E-state index contributed by atoms with van der Waals surface area (Å²) in [7, 11) is 0. The van der Waals surface area contributed by atoms with Gasteiger partial charge in [-0.05, 0) is 25.1 Å². The lowest BCUT2D eigenvalue weighted by Crippen LogP contribution is -2.13. The molecule has 0 radical (unpaired) electrons. The van der Waals surface area contributed by atoms with Crippen LogP contribution in [0.25, 0.3) is 0 Å². The first-order valence-electron chi connectivity index (χ1n) is 5.82. The van der Waals surface area contributed by atoms with Crippen LogP contribution in [0.1, 0.15) is 17.3 Å². The van der Waals surface area contributed by atoms with E-state index in [1.54, 1.807) is 24.3 Å². The molecule has 1 aromatic carbocycles. The van der Waals surface area contributed by atoms with E-state index in [0.717, 1.165) is 0 Å². The second-order valence-electron chi connectivity index (χ2n) is 3.46. The lowest BCUT2D eigenvalue weighted by atomic mass is 10.2. The number of rotatable bonds is 8. The Balaban J connectivity index is 2.14. The number of halogens is 1. The molecular weight excluding hydrogens is 256 g/mol. The maximum Gasteiger partial charge on any atom is 0.338 e. The highest BCUT2D eigenvalue weighted by Gasteiger charge is 2.06. The molecule has 0 spiro atoms. The highest BCUT2D eigenvalue weighted by Crippen LogP contribution is 2.11. The van der Waals surface area contributed by atoms with Gasteiger partial charge in [0.05, 0.1) is 25.4 Å². The molecule has 0 saturated heterocycles. The molecule has 0 N–H and O–H groups in total. The topological polar surface area (TPSA) is 44.8 Å². The Morgan fingerprint density at radius 2 is 1.89 bits per heavy atom. The Hall–Kier alpha value is -1.10. The smallest absolute Gasteiger partial charge is 0.338 e. The summed E-state index contributed by atoms with van der Waals surface area (Å²) in [6.45, 7) is 4.23. The number of benzene rings is 1. The minimum Gasteiger partial charge on any atom is -0.460 e. The van der Waals surface area contributed by atoms with Crippen LogP contribution in [0.5, 0.6) is 0 Å². The molecule has 0 atom stereocenters. The van der Waals surface area contributed by atoms with Gasteiger partial charge in [0.2, 0.25) is 0 Å². The standard InChI is InChI=1S/C13H17ClO4/c1-2-16-6-7-17-8-9-18-13(15)11-4-3-5-12(14)10-11/h3-5,10H,2,6-9H2,1H3. The number of esters is 1. The van der Waals surface area contributed by atoms with Gasteiger partial charge in [-0.1, -0.05) is 17.7 Å². The molecule has 5 heteroatoms. The molecule has 0 heterocycles. The predicted octanol–water partition coefficient (Wildman–Crippen LogP) is 2.55. The fourth-order valence-corrected chi connectivity index (χ4v) is 1.45. The van der Waals surface area contributed by atoms with Crippen molar-refractivity contribution in [2.24, 2.45) is 0 Å². The summed E-state index contributed by atoms with van der Waals surface area (Å²) in [6, 6.07) is 6.64. The molecule has 0 aromatic heterocycles. The van der Waals surface area contributed by atoms with Crippen molar-refractivity contribution in [1.82, 2.24) is 0 Å². The first-order valence-corrected chi connectivity index (χ1v) is 6.20. The summed E-state index contributed by atoms with van der Waals surface area (Å²) >= 11 is 5.77. The van der Waals surface area contributed by atoms with Crippen molar-refractivity contribution < 1.29 is 19.0 Å². The van der Waals surface area contributed by atoms with E-state index >= 15 is 0 Å². The van der Waals surface area contributed by atoms with Crippen molar-refractivity contribution in [3.63, 3.8) is 0 Å². The van der Waals surface area contributed by atoms with E-state index in [9.17, 15) is 4.79 Å². The summed E-state index contributed by atoms with van der Waals surface area (Å²) in [6.07, 6.45) is 0. The van der Waals surface area contributed by atoms with Crippen LogP contribution < -0.4 is 0 Å². The van der Waals surface area contributed by atoms with Gasteiger partial charge < -0.3 is 14.2 Å². The average molecular weight is 273 g/mol. The molecule has 18 heavy (non-hydrogen) atoms. The Kier molecular flexibility index (Phi) is 7.41. The van der Waals surface area contributed by atoms with Crippen LogP contribution in [0.4, 0.5) is 0 Å². The summed E-state index contributed by atoms with van der Waals surface area (Å²) in [4.78, 5) is 11.6. The monoisotopic (exact) mass is 272 g/mol. The Bertz CT molecular complexity index is 368. The quantitative estimate of drug-likeness (QED) is 0.539. The Morgan fingerprint density at radius 3 is 2.61 bits per heavy atom. The van der Waals surface area contributed by atoms with Gasteiger partial charge in [0.1, 0.15) is 6.61 Å². The lowest BCUT2D eigenvalue weighted by Gasteiger charge is -2.06. The molecule has 0 saturated carbocycles. The van der Waals surface area contributed by atoms with Crippen molar-refractivity contribution in [3.05, 3.63) is 34.9 Å². The third kappa shape index (κ3) is 6.00. The van der Waals surface area contributed by atoms with Crippen molar-refractivity contribution in [2.75, 3.05) is 33.0 Å². The van der Waals surface area contributed by atoms with Crippen molar-refractivity contribution in [3.8, 4) is 0 Å². The number of carbonyl (C=O) groups is 1. The largest absolute Gasteiger partial charge is 0.460 e. The average Bonchev–Trinajstić information content (AvgIpc) is 2.37. The molecule has 4 nitrogen and oxygen atoms in total. The fraction of sp³-hybridized carbons (Fsp3) is 0.462. The highest BCUT2D eigenvalue weighted by atomic mass is 35.5. The number of ether oxygens (including phenoxy) is 3. The zero-order chi connectivity index (χ0) is 13.2. The van der Waals surface area contributed by atoms with E-state index in [4.69, 9.17) is 25.8 Å². The normalized spacial score (nSPS) is 10.3. The van der Waals surface area contributed by atoms with Crippen LogP contribution in [0, 0.1) is 0 Å². The lowest BCUT2D eigenvalue weighted by molar-refractivity contribution is 0.0164. The molecule has 100 valence electrons. The zero-order valence-electron chi connectivity index (χ0n) is 10.4. The maximum absolute atomic E-state index is 11.6. The number of hydrogen-bond donors (Lipinski definition) is 0. The van der Waals surface area contributed by atoms with Crippen LogP contribution >= 0.6 is 11.6 Å². The predicted molar refractivity (Wildman–Crippen MR) is 69.0 cm³/mol. The molecule has 1 rings (SSSR count). The fourth-order valence-electron chi connectivity index (χ4n) is 1.26. The maximum atomic E-state index is 11.6. The van der Waals surface area contributed by atoms with E-state index in [1.807, 2.05) is 6.92 Å². The van der Waals surface area contributed by atoms with Gasteiger partial charge in [0.25, 0.3) is 0 Å². The van der Waals surface area contributed by atoms with Crippen molar-refractivity contribution in [2.45, 2.75) is 6.92 Å². The summed E-state index contributed by atoms with van der Waals surface area (Å²) in [5.41, 5.74) is 0.441. The first kappa shape index (κ1) is 15.0. The summed E-state index contributed by atoms with van der Waals surface area (Å²) < 4.78 is 15.3. The SMILES string of the molecule is CCOCCOCCOC(=O)c1cccc(Cl)c1. The van der Waals surface area contributed by atoms with Gasteiger partial charge in [-0.15, -0.1) is 0 Å². The number of carbonyl (C=O) groups excluding carboxylic acids is 1. The van der Waals surface area contributed by atoms with Gasteiger partial charge in [-0.25, -0.2) is 4.79 Å². The molecular formula is C13H17ClO4. The molecule has 0 bridgehead atoms. The molecule has 0 fully saturated rings.